The number of rotatable bonds is 1. The van der Waals surface area contributed by atoms with Crippen molar-refractivity contribution in [2.45, 2.75) is 76.5 Å². The number of amides is 1. The first kappa shape index (κ1) is 15.4. The third-order valence-corrected chi connectivity index (χ3v) is 3.94. The van der Waals surface area contributed by atoms with Gasteiger partial charge in [0.25, 0.3) is 0 Å². The van der Waals surface area contributed by atoms with Crippen molar-refractivity contribution in [2.24, 2.45) is 0 Å². The first-order valence-electron chi connectivity index (χ1n) is 7.67. The first-order valence-corrected chi connectivity index (χ1v) is 7.67. The lowest BCUT2D eigenvalue weighted by molar-refractivity contribution is -0.0673. The smallest absolute Gasteiger partial charge is 0.407 e. The molecule has 1 heterocycles. The predicted octanol–water partition coefficient (Wildman–Crippen LogP) is 3.56. The SMILES string of the molecule is CC(C)(C)OC(=O)N[C@@H]1CCC[C@]2(CCC=CCO2)C1. The predicted molar refractivity (Wildman–Crippen MR) is 78.7 cm³/mol. The number of ether oxygens (including phenoxy) is 2. The van der Waals surface area contributed by atoms with Crippen molar-refractivity contribution in [1.29, 1.82) is 0 Å². The van der Waals surface area contributed by atoms with E-state index < -0.39 is 5.60 Å². The average molecular weight is 281 g/mol. The summed E-state index contributed by atoms with van der Waals surface area (Å²) in [5.41, 5.74) is -0.499. The summed E-state index contributed by atoms with van der Waals surface area (Å²) in [6.45, 7) is 6.35. The second-order valence-electron chi connectivity index (χ2n) is 6.94. The highest BCUT2D eigenvalue weighted by Crippen LogP contribution is 2.37. The number of hydrogen-bond acceptors (Lipinski definition) is 3. The summed E-state index contributed by atoms with van der Waals surface area (Å²) in [5, 5.41) is 3.01. The molecule has 0 aromatic rings. The molecule has 1 saturated carbocycles. The van der Waals surface area contributed by atoms with Crippen LogP contribution in [0.25, 0.3) is 0 Å². The highest BCUT2D eigenvalue weighted by Gasteiger charge is 2.38. The Bertz CT molecular complexity index is 360. The Labute approximate surface area is 121 Å². The number of allylic oxidation sites excluding steroid dienone is 1. The van der Waals surface area contributed by atoms with Gasteiger partial charge in [-0.3, -0.25) is 0 Å². The van der Waals surface area contributed by atoms with E-state index in [2.05, 4.69) is 17.5 Å². The van der Waals surface area contributed by atoms with E-state index in [1.54, 1.807) is 0 Å². The standard InChI is InChI=1S/C16H27NO3/c1-15(2,3)20-14(18)17-13-8-7-10-16(12-13)9-5-4-6-11-19-16/h4,6,13H,5,7-12H2,1-3H3,(H,17,18)/t13-,16-/m1/s1. The van der Waals surface area contributed by atoms with Gasteiger partial charge in [0, 0.05) is 6.04 Å². The van der Waals surface area contributed by atoms with Crippen LogP contribution in [-0.4, -0.2) is 29.9 Å². The normalized spacial score (nSPS) is 30.9. The van der Waals surface area contributed by atoms with E-state index in [1.807, 2.05) is 20.8 Å². The number of alkyl carbamates (subject to hydrolysis) is 1. The first-order chi connectivity index (χ1) is 9.39. The van der Waals surface area contributed by atoms with Crippen LogP contribution in [-0.2, 0) is 9.47 Å². The van der Waals surface area contributed by atoms with E-state index in [0.717, 1.165) is 38.5 Å². The summed E-state index contributed by atoms with van der Waals surface area (Å²) in [7, 11) is 0. The van der Waals surface area contributed by atoms with Crippen molar-refractivity contribution in [3.8, 4) is 0 Å². The molecule has 114 valence electrons. The van der Waals surface area contributed by atoms with Crippen molar-refractivity contribution in [1.82, 2.24) is 5.32 Å². The van der Waals surface area contributed by atoms with Gasteiger partial charge < -0.3 is 14.8 Å². The zero-order chi connectivity index (χ0) is 14.6. The lowest BCUT2D eigenvalue weighted by atomic mass is 9.79. The minimum absolute atomic E-state index is 0.0541. The summed E-state index contributed by atoms with van der Waals surface area (Å²) in [5.74, 6) is 0. The maximum absolute atomic E-state index is 11.9. The van der Waals surface area contributed by atoms with Gasteiger partial charge >= 0.3 is 6.09 Å². The third-order valence-electron chi connectivity index (χ3n) is 3.94. The molecule has 0 bridgehead atoms. The summed E-state index contributed by atoms with van der Waals surface area (Å²) < 4.78 is 11.4. The monoisotopic (exact) mass is 281 g/mol. The molecular weight excluding hydrogens is 254 g/mol. The van der Waals surface area contributed by atoms with Crippen LogP contribution in [0.15, 0.2) is 12.2 Å². The van der Waals surface area contributed by atoms with Gasteiger partial charge in [-0.25, -0.2) is 4.79 Å². The fraction of sp³-hybridized carbons (Fsp3) is 0.812. The Hall–Kier alpha value is -1.03. The van der Waals surface area contributed by atoms with E-state index in [9.17, 15) is 4.79 Å². The molecule has 0 aromatic carbocycles. The van der Waals surface area contributed by atoms with Gasteiger partial charge in [0.2, 0.25) is 0 Å². The highest BCUT2D eigenvalue weighted by molar-refractivity contribution is 5.68. The third kappa shape index (κ3) is 4.51. The molecule has 0 radical (unpaired) electrons. The number of carbonyl (C=O) groups is 1. The molecule has 1 spiro atoms. The molecule has 2 aliphatic rings. The molecule has 1 aliphatic carbocycles. The fourth-order valence-electron chi connectivity index (χ4n) is 3.11. The summed E-state index contributed by atoms with van der Waals surface area (Å²) >= 11 is 0. The van der Waals surface area contributed by atoms with Gasteiger partial charge in [-0.05, 0) is 59.3 Å². The molecule has 2 rings (SSSR count). The Morgan fingerprint density at radius 3 is 2.90 bits per heavy atom. The quantitative estimate of drug-likeness (QED) is 0.748. The highest BCUT2D eigenvalue weighted by atomic mass is 16.6. The van der Waals surface area contributed by atoms with Gasteiger partial charge in [-0.15, -0.1) is 0 Å². The second-order valence-corrected chi connectivity index (χ2v) is 6.94. The van der Waals surface area contributed by atoms with Crippen LogP contribution in [0.2, 0.25) is 0 Å². The molecule has 0 unspecified atom stereocenters. The Kier molecular flexibility index (Phi) is 4.74. The molecule has 4 nitrogen and oxygen atoms in total. The van der Waals surface area contributed by atoms with Crippen molar-refractivity contribution < 1.29 is 14.3 Å². The Morgan fingerprint density at radius 2 is 2.15 bits per heavy atom. The van der Waals surface area contributed by atoms with Gasteiger partial charge in [-0.1, -0.05) is 12.2 Å². The lowest BCUT2D eigenvalue weighted by Gasteiger charge is -2.40. The maximum atomic E-state index is 11.9. The molecule has 1 fully saturated rings. The molecule has 4 heteroatoms. The lowest BCUT2D eigenvalue weighted by Crippen LogP contribution is -2.48. The van der Waals surface area contributed by atoms with Crippen LogP contribution < -0.4 is 5.32 Å². The number of carbonyl (C=O) groups excluding carboxylic acids is 1. The summed E-state index contributed by atoms with van der Waals surface area (Å²) in [4.78, 5) is 11.9. The zero-order valence-corrected chi connectivity index (χ0v) is 12.9. The topological polar surface area (TPSA) is 47.6 Å². The van der Waals surface area contributed by atoms with Gasteiger partial charge in [0.1, 0.15) is 5.60 Å². The number of nitrogens with one attached hydrogen (secondary N) is 1. The van der Waals surface area contributed by atoms with Crippen LogP contribution in [0.4, 0.5) is 4.79 Å². The number of hydrogen-bond donors (Lipinski definition) is 1. The minimum atomic E-state index is -0.445. The largest absolute Gasteiger partial charge is 0.444 e. The van der Waals surface area contributed by atoms with E-state index >= 15 is 0 Å². The van der Waals surface area contributed by atoms with Crippen molar-refractivity contribution in [3.05, 3.63) is 12.2 Å². The van der Waals surface area contributed by atoms with Gasteiger partial charge in [-0.2, -0.15) is 0 Å². The van der Waals surface area contributed by atoms with Gasteiger partial charge in [0.05, 0.1) is 12.2 Å². The average Bonchev–Trinajstić information content (AvgIpc) is 2.52. The van der Waals surface area contributed by atoms with E-state index in [-0.39, 0.29) is 17.7 Å². The molecule has 0 saturated heterocycles. The van der Waals surface area contributed by atoms with E-state index in [1.165, 1.54) is 0 Å². The van der Waals surface area contributed by atoms with Crippen LogP contribution >= 0.6 is 0 Å². The molecule has 2 atom stereocenters. The second kappa shape index (κ2) is 6.17. The molecule has 1 aliphatic heterocycles. The van der Waals surface area contributed by atoms with Crippen LogP contribution in [0.3, 0.4) is 0 Å². The molecule has 20 heavy (non-hydrogen) atoms. The Morgan fingerprint density at radius 1 is 1.35 bits per heavy atom. The van der Waals surface area contributed by atoms with E-state index in [4.69, 9.17) is 9.47 Å². The van der Waals surface area contributed by atoms with Crippen molar-refractivity contribution >= 4 is 6.09 Å². The molecule has 0 aromatic heterocycles. The maximum Gasteiger partial charge on any atom is 0.407 e. The van der Waals surface area contributed by atoms with E-state index in [0.29, 0.717) is 6.61 Å². The van der Waals surface area contributed by atoms with Crippen LogP contribution in [0.5, 0.6) is 0 Å². The summed E-state index contributed by atoms with van der Waals surface area (Å²) in [6, 6.07) is 0.164. The van der Waals surface area contributed by atoms with Crippen molar-refractivity contribution in [2.75, 3.05) is 6.61 Å². The van der Waals surface area contributed by atoms with Crippen molar-refractivity contribution in [3.63, 3.8) is 0 Å². The van der Waals surface area contributed by atoms with Crippen LogP contribution in [0, 0.1) is 0 Å². The fourth-order valence-corrected chi connectivity index (χ4v) is 3.11. The van der Waals surface area contributed by atoms with Gasteiger partial charge in [0.15, 0.2) is 0 Å². The minimum Gasteiger partial charge on any atom is -0.444 e. The Balaban J connectivity index is 1.88. The van der Waals surface area contributed by atoms with Crippen LogP contribution in [0.1, 0.15) is 59.3 Å². The molecule has 1 amide bonds. The molecule has 1 N–H and O–H groups in total. The summed E-state index contributed by atoms with van der Waals surface area (Å²) in [6.07, 6.45) is 10.2. The molecular formula is C16H27NO3. The zero-order valence-electron chi connectivity index (χ0n) is 12.9.